The van der Waals surface area contributed by atoms with Crippen LogP contribution in [0.1, 0.15) is 92.0 Å². The van der Waals surface area contributed by atoms with Crippen LogP contribution >= 0.6 is 0 Å². The molecule has 1 aliphatic heterocycles. The number of alkyl halides is 6. The summed E-state index contributed by atoms with van der Waals surface area (Å²) in [5.41, 5.74) is 3.63. The number of hydrogen-bond donors (Lipinski definition) is 0. The number of aromatic nitrogens is 2. The molecular weight excluding hydrogens is 1050 g/mol. The van der Waals surface area contributed by atoms with Gasteiger partial charge in [-0.05, 0) is 70.0 Å². The molecule has 3 heterocycles. The molecule has 9 rings (SSSR count). The fourth-order valence-electron chi connectivity index (χ4n) is 8.88. The number of hydrogen-bond acceptors (Lipinski definition) is 4. The third kappa shape index (κ3) is 9.73. The van der Waals surface area contributed by atoms with E-state index in [0.717, 1.165) is 56.3 Å². The standard InChI is InChI=1S/C56H48F6N4O.Pt/c1-34-23-43(66-49-21-20-38(53(2,3)4)31-47(49)46-19-14-22-63-52(46)66)32-44(24-34)67-45-26-37(25-39(30-45)54(5,6)7)51-64-48(50(35-15-10-8-11-16-35)36-17-12-9-13-18-36)33-65(51)42-28-40(55(57,58)59)27-41(29-42)56(60,61)62;/h8-25,27-31,48,50H,33H2,1-7H3;/q-2;+2/t48-;/m0./s1. The van der Waals surface area contributed by atoms with Crippen molar-refractivity contribution in [2.75, 3.05) is 11.4 Å². The minimum atomic E-state index is -5.06. The summed E-state index contributed by atoms with van der Waals surface area (Å²) in [6.45, 7) is 14.5. The fraction of sp³-hybridized carbons (Fsp3) is 0.250. The van der Waals surface area contributed by atoms with E-state index in [0.29, 0.717) is 17.0 Å². The van der Waals surface area contributed by atoms with E-state index < -0.39 is 40.9 Å². The molecule has 6 aromatic carbocycles. The van der Waals surface area contributed by atoms with Gasteiger partial charge in [0.1, 0.15) is 5.65 Å². The Labute approximate surface area is 406 Å². The van der Waals surface area contributed by atoms with E-state index in [2.05, 4.69) is 61.7 Å². The number of amidine groups is 1. The number of anilines is 1. The Morgan fingerprint density at radius 2 is 1.22 bits per heavy atom. The number of rotatable bonds is 8. The Morgan fingerprint density at radius 1 is 0.618 bits per heavy atom. The first-order valence-corrected chi connectivity index (χ1v) is 22.1. The molecular formula is C56H48F6N4OPt. The van der Waals surface area contributed by atoms with Gasteiger partial charge in [-0.15, -0.1) is 35.4 Å². The van der Waals surface area contributed by atoms with Gasteiger partial charge in [-0.3, -0.25) is 0 Å². The molecule has 0 bridgehead atoms. The first-order chi connectivity index (χ1) is 31.6. The van der Waals surface area contributed by atoms with Crippen molar-refractivity contribution in [1.82, 2.24) is 9.55 Å². The Balaban J connectivity index is 0.00000625. The minimum absolute atomic E-state index is 0. The molecule has 0 saturated heterocycles. The summed E-state index contributed by atoms with van der Waals surface area (Å²) in [4.78, 5) is 11.5. The van der Waals surface area contributed by atoms with E-state index in [1.54, 1.807) is 6.20 Å². The van der Waals surface area contributed by atoms with Gasteiger partial charge < -0.3 is 19.2 Å². The van der Waals surface area contributed by atoms with Crippen molar-refractivity contribution in [3.63, 3.8) is 0 Å². The third-order valence-electron chi connectivity index (χ3n) is 12.3. The molecule has 12 heteroatoms. The van der Waals surface area contributed by atoms with Crippen LogP contribution < -0.4 is 9.64 Å². The average molecular weight is 1100 g/mol. The van der Waals surface area contributed by atoms with Gasteiger partial charge in [-0.25, -0.2) is 4.98 Å². The smallest absolute Gasteiger partial charge is 0.503 e. The molecule has 0 saturated carbocycles. The molecule has 0 fully saturated rings. The van der Waals surface area contributed by atoms with Crippen molar-refractivity contribution in [3.8, 4) is 17.2 Å². The van der Waals surface area contributed by atoms with Gasteiger partial charge in [0.05, 0.1) is 28.5 Å². The zero-order valence-corrected chi connectivity index (χ0v) is 40.7. The maximum absolute atomic E-state index is 14.4. The minimum Gasteiger partial charge on any atom is -0.503 e. The maximum atomic E-state index is 14.4. The van der Waals surface area contributed by atoms with Crippen molar-refractivity contribution >= 4 is 33.5 Å². The largest absolute Gasteiger partial charge is 2.00 e. The van der Waals surface area contributed by atoms with Crippen LogP contribution in [0, 0.1) is 19.1 Å². The van der Waals surface area contributed by atoms with Crippen LogP contribution in [0.25, 0.3) is 27.6 Å². The van der Waals surface area contributed by atoms with E-state index in [1.807, 2.05) is 119 Å². The second kappa shape index (κ2) is 18.0. The van der Waals surface area contributed by atoms with Gasteiger partial charge in [-0.1, -0.05) is 133 Å². The predicted octanol–water partition coefficient (Wildman–Crippen LogP) is 15.0. The number of fused-ring (bicyclic) bond motifs is 3. The Morgan fingerprint density at radius 3 is 1.81 bits per heavy atom. The molecule has 0 spiro atoms. The second-order valence-corrected chi connectivity index (χ2v) is 19.3. The van der Waals surface area contributed by atoms with Crippen molar-refractivity contribution in [1.29, 1.82) is 0 Å². The van der Waals surface area contributed by atoms with Gasteiger partial charge in [0, 0.05) is 46.6 Å². The molecule has 0 N–H and O–H groups in total. The number of aliphatic imine (C=N–C) groups is 1. The molecule has 0 amide bonds. The monoisotopic (exact) mass is 1100 g/mol. The first kappa shape index (κ1) is 48.3. The van der Waals surface area contributed by atoms with Gasteiger partial charge in [0.2, 0.25) is 0 Å². The van der Waals surface area contributed by atoms with Gasteiger partial charge in [-0.2, -0.15) is 31.9 Å². The van der Waals surface area contributed by atoms with E-state index >= 15 is 0 Å². The normalized spacial score (nSPS) is 14.7. The van der Waals surface area contributed by atoms with Crippen molar-refractivity contribution in [3.05, 3.63) is 196 Å². The quantitative estimate of drug-likeness (QED) is 0.112. The van der Waals surface area contributed by atoms with E-state index in [-0.39, 0.29) is 56.4 Å². The molecule has 0 aliphatic carbocycles. The average Bonchev–Trinajstić information content (AvgIpc) is 3.85. The van der Waals surface area contributed by atoms with Crippen molar-refractivity contribution in [2.45, 2.75) is 83.6 Å². The number of halogens is 6. The summed E-state index contributed by atoms with van der Waals surface area (Å²) in [5.74, 6) is 0.376. The van der Waals surface area contributed by atoms with Gasteiger partial charge in [0.15, 0.2) is 0 Å². The molecule has 68 heavy (non-hydrogen) atoms. The number of ether oxygens (including phenoxy) is 1. The molecule has 350 valence electrons. The van der Waals surface area contributed by atoms with E-state index in [1.165, 1.54) is 10.5 Å². The predicted molar refractivity (Wildman–Crippen MR) is 254 cm³/mol. The SMILES string of the molecule is Cc1cc(Oc2[c-]c(C3=N[C@H](C(c4ccccc4)c4ccccc4)CN3c3cc(C(F)(F)F)cc(C(F)(F)F)c3)cc(C(C)(C)C)c2)[c-]c(-n2c3ccc(C(C)(C)C)cc3c3cccnc32)c1.[Pt+2]. The number of pyridine rings is 1. The summed E-state index contributed by atoms with van der Waals surface area (Å²) in [6, 6.07) is 44.9. The summed E-state index contributed by atoms with van der Waals surface area (Å²) >= 11 is 0. The Kier molecular flexibility index (Phi) is 12.8. The molecule has 5 nitrogen and oxygen atoms in total. The number of benzene rings is 6. The van der Waals surface area contributed by atoms with Crippen LogP contribution in [-0.2, 0) is 44.2 Å². The summed E-state index contributed by atoms with van der Waals surface area (Å²) < 4.78 is 95.4. The van der Waals surface area contributed by atoms with Crippen LogP contribution in [0.3, 0.4) is 0 Å². The zero-order chi connectivity index (χ0) is 47.6. The molecule has 1 atom stereocenters. The molecule has 1 aliphatic rings. The number of aryl methyl sites for hydroxylation is 1. The van der Waals surface area contributed by atoms with Crippen LogP contribution in [-0.4, -0.2) is 28.0 Å². The Hall–Kier alpha value is -6.19. The van der Waals surface area contributed by atoms with Gasteiger partial charge in [0.25, 0.3) is 0 Å². The van der Waals surface area contributed by atoms with Crippen molar-refractivity contribution < 1.29 is 52.1 Å². The summed E-state index contributed by atoms with van der Waals surface area (Å²) in [5, 5.41) is 2.04. The summed E-state index contributed by atoms with van der Waals surface area (Å²) in [7, 11) is 0. The fourth-order valence-corrected chi connectivity index (χ4v) is 8.88. The first-order valence-electron chi connectivity index (χ1n) is 22.1. The molecule has 0 unspecified atom stereocenters. The topological polar surface area (TPSA) is 42.6 Å². The molecule has 8 aromatic rings. The van der Waals surface area contributed by atoms with Crippen LogP contribution in [0.2, 0.25) is 0 Å². The van der Waals surface area contributed by atoms with E-state index in [9.17, 15) is 26.3 Å². The van der Waals surface area contributed by atoms with E-state index in [4.69, 9.17) is 14.7 Å². The maximum Gasteiger partial charge on any atom is 2.00 e. The summed E-state index contributed by atoms with van der Waals surface area (Å²) in [6.07, 6.45) is -8.36. The molecule has 0 radical (unpaired) electrons. The third-order valence-corrected chi connectivity index (χ3v) is 12.3. The number of nitrogens with zero attached hydrogens (tertiary/aromatic N) is 4. The van der Waals surface area contributed by atoms with Crippen LogP contribution in [0.4, 0.5) is 32.0 Å². The molecule has 2 aromatic heterocycles. The second-order valence-electron chi connectivity index (χ2n) is 19.3. The van der Waals surface area contributed by atoms with Crippen LogP contribution in [0.5, 0.6) is 11.5 Å². The van der Waals surface area contributed by atoms with Crippen molar-refractivity contribution in [2.24, 2.45) is 4.99 Å². The zero-order valence-electron chi connectivity index (χ0n) is 38.4. The van der Waals surface area contributed by atoms with Gasteiger partial charge >= 0.3 is 33.4 Å². The Bertz CT molecular complexity index is 3090. The van der Waals surface area contributed by atoms with Crippen LogP contribution in [0.15, 0.2) is 145 Å².